The van der Waals surface area contributed by atoms with Crippen LogP contribution < -0.4 is 20.4 Å². The van der Waals surface area contributed by atoms with E-state index in [2.05, 4.69) is 20.8 Å². The number of fused-ring (bicyclic) bond motifs is 1. The Labute approximate surface area is 224 Å². The van der Waals surface area contributed by atoms with Gasteiger partial charge < -0.3 is 10.1 Å². The minimum Gasteiger partial charge on any atom is -0.497 e. The second-order valence-electron chi connectivity index (χ2n) is 8.52. The molecule has 0 spiro atoms. The van der Waals surface area contributed by atoms with Crippen molar-refractivity contribution < 1.29 is 14.5 Å². The van der Waals surface area contributed by atoms with Crippen molar-refractivity contribution in [3.8, 4) is 5.75 Å². The molecular formula is C26H25N7O4S. The Bertz CT molecular complexity index is 1440. The molecule has 38 heavy (non-hydrogen) atoms. The lowest BCUT2D eigenvalue weighted by atomic mass is 10.1. The van der Waals surface area contributed by atoms with E-state index in [9.17, 15) is 14.9 Å². The van der Waals surface area contributed by atoms with Gasteiger partial charge in [0.2, 0.25) is 0 Å². The summed E-state index contributed by atoms with van der Waals surface area (Å²) in [6.07, 6.45) is 1.62. The van der Waals surface area contributed by atoms with Crippen molar-refractivity contribution in [2.45, 2.75) is 0 Å². The van der Waals surface area contributed by atoms with Gasteiger partial charge in [-0.2, -0.15) is 5.10 Å². The molecule has 2 N–H and O–H groups in total. The highest BCUT2D eigenvalue weighted by Crippen LogP contribution is 2.34. The van der Waals surface area contributed by atoms with Crippen molar-refractivity contribution >= 4 is 57.9 Å². The molecule has 0 atom stereocenters. The number of nitro groups is 1. The maximum absolute atomic E-state index is 13.2. The van der Waals surface area contributed by atoms with Gasteiger partial charge in [-0.15, -0.1) is 0 Å². The van der Waals surface area contributed by atoms with E-state index in [-0.39, 0.29) is 22.4 Å². The first-order valence-corrected chi connectivity index (χ1v) is 11.8. The number of benzene rings is 3. The number of amides is 1. The van der Waals surface area contributed by atoms with Gasteiger partial charge in [-0.05, 0) is 74.3 Å². The Hall–Kier alpha value is -4.68. The third kappa shape index (κ3) is 6.17. The summed E-state index contributed by atoms with van der Waals surface area (Å²) < 4.78 is 5.19. The SMILES string of the molecule is COc1cccc(C=NNC(=S)Nc2ccc(N=C3C(=O)N(CN(C)C)c4ccc([N+](=O)[O-])cc43)cc2)c1. The van der Waals surface area contributed by atoms with E-state index < -0.39 is 4.92 Å². The number of anilines is 2. The first-order chi connectivity index (χ1) is 18.2. The van der Waals surface area contributed by atoms with Crippen LogP contribution >= 0.6 is 12.2 Å². The molecule has 0 saturated heterocycles. The zero-order chi connectivity index (χ0) is 27.2. The summed E-state index contributed by atoms with van der Waals surface area (Å²) in [5, 5.41) is 18.8. The van der Waals surface area contributed by atoms with E-state index in [1.165, 1.54) is 12.1 Å². The Kier molecular flexibility index (Phi) is 8.04. The summed E-state index contributed by atoms with van der Waals surface area (Å²) in [5.41, 5.74) is 5.85. The van der Waals surface area contributed by atoms with Crippen LogP contribution in [0.15, 0.2) is 76.8 Å². The molecule has 0 saturated carbocycles. The normalized spacial score (nSPS) is 13.7. The highest BCUT2D eigenvalue weighted by atomic mass is 32.1. The van der Waals surface area contributed by atoms with Crippen LogP contribution in [-0.2, 0) is 4.79 Å². The predicted octanol–water partition coefficient (Wildman–Crippen LogP) is 3.91. The number of carbonyl (C=O) groups excluding carboxylic acids is 1. The lowest BCUT2D eigenvalue weighted by molar-refractivity contribution is -0.384. The molecule has 0 fully saturated rings. The molecule has 0 aliphatic carbocycles. The first-order valence-electron chi connectivity index (χ1n) is 11.4. The van der Waals surface area contributed by atoms with E-state index in [0.717, 1.165) is 11.3 Å². The third-order valence-corrected chi connectivity index (χ3v) is 5.64. The Morgan fingerprint density at radius 2 is 1.92 bits per heavy atom. The number of ether oxygens (including phenoxy) is 1. The molecule has 11 nitrogen and oxygen atoms in total. The van der Waals surface area contributed by atoms with Gasteiger partial charge in [-0.3, -0.25) is 30.1 Å². The number of methoxy groups -OCH3 is 1. The summed E-state index contributed by atoms with van der Waals surface area (Å²) in [6, 6.07) is 18.7. The van der Waals surface area contributed by atoms with Gasteiger partial charge in [-0.25, -0.2) is 4.99 Å². The second-order valence-corrected chi connectivity index (χ2v) is 8.93. The van der Waals surface area contributed by atoms with Crippen LogP contribution in [0.1, 0.15) is 11.1 Å². The standard InChI is InChI=1S/C26H25N7O4S/c1-31(2)16-32-23-12-11-20(33(35)36)14-22(23)24(25(32)34)28-18-7-9-19(10-8-18)29-26(38)30-27-15-17-5-4-6-21(13-17)37-3/h4-15H,16H2,1-3H3,(H2,29,30,38). The summed E-state index contributed by atoms with van der Waals surface area (Å²) in [5.74, 6) is 0.403. The number of nitro benzene ring substituents is 1. The molecule has 12 heteroatoms. The number of aliphatic imine (C=N–C) groups is 1. The largest absolute Gasteiger partial charge is 0.497 e. The number of hydrogen-bond donors (Lipinski definition) is 2. The Morgan fingerprint density at radius 1 is 1.16 bits per heavy atom. The van der Waals surface area contributed by atoms with Gasteiger partial charge in [0.25, 0.3) is 11.6 Å². The van der Waals surface area contributed by atoms with Crippen molar-refractivity contribution in [1.82, 2.24) is 10.3 Å². The first kappa shape index (κ1) is 26.4. The van der Waals surface area contributed by atoms with Gasteiger partial charge >= 0.3 is 0 Å². The fourth-order valence-electron chi connectivity index (χ4n) is 3.74. The molecule has 1 heterocycles. The van der Waals surface area contributed by atoms with E-state index in [1.54, 1.807) is 48.6 Å². The lowest BCUT2D eigenvalue weighted by Gasteiger charge is -2.21. The summed E-state index contributed by atoms with van der Waals surface area (Å²) >= 11 is 5.29. The number of nitrogens with zero attached hydrogens (tertiary/aromatic N) is 5. The number of hydrogen-bond acceptors (Lipinski definition) is 8. The average molecular weight is 532 g/mol. The number of nitrogens with one attached hydrogen (secondary N) is 2. The van der Waals surface area contributed by atoms with Crippen LogP contribution in [0.5, 0.6) is 5.75 Å². The zero-order valence-electron chi connectivity index (χ0n) is 20.9. The minimum absolute atomic E-state index is 0.106. The summed E-state index contributed by atoms with van der Waals surface area (Å²) in [6.45, 7) is 0.316. The van der Waals surface area contributed by atoms with E-state index in [1.807, 2.05) is 43.3 Å². The van der Waals surface area contributed by atoms with Gasteiger partial charge in [0.15, 0.2) is 5.11 Å². The van der Waals surface area contributed by atoms with Crippen LogP contribution in [0.2, 0.25) is 0 Å². The molecule has 0 bridgehead atoms. The van der Waals surface area contributed by atoms with E-state index in [0.29, 0.717) is 29.3 Å². The molecule has 0 unspecified atom stereocenters. The highest BCUT2D eigenvalue weighted by molar-refractivity contribution is 7.80. The topological polar surface area (TPSA) is 125 Å². The summed E-state index contributed by atoms with van der Waals surface area (Å²) in [7, 11) is 5.27. The molecule has 3 aromatic carbocycles. The monoisotopic (exact) mass is 531 g/mol. The quantitative estimate of drug-likeness (QED) is 0.194. The highest BCUT2D eigenvalue weighted by Gasteiger charge is 2.35. The van der Waals surface area contributed by atoms with Crippen LogP contribution in [0, 0.1) is 10.1 Å². The molecule has 1 amide bonds. The number of non-ortho nitro benzene ring substituents is 1. The maximum Gasteiger partial charge on any atom is 0.278 e. The minimum atomic E-state index is -0.491. The fourth-order valence-corrected chi connectivity index (χ4v) is 3.91. The van der Waals surface area contributed by atoms with E-state index in [4.69, 9.17) is 17.0 Å². The molecule has 1 aliphatic heterocycles. The lowest BCUT2D eigenvalue weighted by Crippen LogP contribution is -2.37. The van der Waals surface area contributed by atoms with Crippen molar-refractivity contribution in [2.24, 2.45) is 10.1 Å². The van der Waals surface area contributed by atoms with Crippen molar-refractivity contribution in [3.63, 3.8) is 0 Å². The summed E-state index contributed by atoms with van der Waals surface area (Å²) in [4.78, 5) is 31.9. The molecule has 0 aromatic heterocycles. The second kappa shape index (κ2) is 11.6. The number of carbonyl (C=O) groups is 1. The average Bonchev–Trinajstić information content (AvgIpc) is 3.14. The number of rotatable bonds is 8. The Morgan fingerprint density at radius 3 is 2.61 bits per heavy atom. The van der Waals surface area contributed by atoms with Gasteiger partial charge in [0.1, 0.15) is 11.5 Å². The van der Waals surface area contributed by atoms with E-state index >= 15 is 0 Å². The number of hydrazone groups is 1. The smallest absolute Gasteiger partial charge is 0.278 e. The van der Waals surface area contributed by atoms with Crippen LogP contribution in [0.3, 0.4) is 0 Å². The predicted molar refractivity (Wildman–Crippen MR) is 152 cm³/mol. The third-order valence-electron chi connectivity index (χ3n) is 5.45. The van der Waals surface area contributed by atoms with Gasteiger partial charge in [0, 0.05) is 23.4 Å². The molecule has 0 radical (unpaired) electrons. The van der Waals surface area contributed by atoms with Gasteiger partial charge in [0.05, 0.1) is 36.3 Å². The van der Waals surface area contributed by atoms with Crippen LogP contribution in [-0.4, -0.2) is 60.6 Å². The molecule has 4 rings (SSSR count). The van der Waals surface area contributed by atoms with Gasteiger partial charge in [-0.1, -0.05) is 12.1 Å². The molecule has 1 aliphatic rings. The molecule has 3 aromatic rings. The zero-order valence-corrected chi connectivity index (χ0v) is 21.7. The number of thiocarbonyl (C=S) groups is 1. The van der Waals surface area contributed by atoms with Crippen LogP contribution in [0.4, 0.5) is 22.7 Å². The Balaban J connectivity index is 1.47. The molecule has 194 valence electrons. The molecular weight excluding hydrogens is 506 g/mol. The van der Waals surface area contributed by atoms with Crippen molar-refractivity contribution in [3.05, 3.63) is 88.0 Å². The van der Waals surface area contributed by atoms with Crippen molar-refractivity contribution in [1.29, 1.82) is 0 Å². The maximum atomic E-state index is 13.2. The van der Waals surface area contributed by atoms with Crippen molar-refractivity contribution in [2.75, 3.05) is 38.1 Å². The van der Waals surface area contributed by atoms with Crippen LogP contribution in [0.25, 0.3) is 0 Å². The fraction of sp³-hybridized carbons (Fsp3) is 0.154.